The largest absolute Gasteiger partial charge is 0.479 e. The van der Waals surface area contributed by atoms with Crippen LogP contribution in [0.3, 0.4) is 0 Å². The quantitative estimate of drug-likeness (QED) is 0.751. The van der Waals surface area contributed by atoms with Crippen molar-refractivity contribution in [1.82, 2.24) is 15.3 Å². The number of carboxylic acids is 1. The summed E-state index contributed by atoms with van der Waals surface area (Å²) in [6.45, 7) is 1.75. The molecule has 0 saturated heterocycles. The molecule has 3 N–H and O–H groups in total. The first-order chi connectivity index (χ1) is 10.1. The van der Waals surface area contributed by atoms with Crippen molar-refractivity contribution in [2.45, 2.75) is 19.4 Å². The fourth-order valence-corrected chi connectivity index (χ4v) is 2.04. The summed E-state index contributed by atoms with van der Waals surface area (Å²) < 4.78 is 0. The molecule has 1 aromatic heterocycles. The second kappa shape index (κ2) is 6.69. The van der Waals surface area contributed by atoms with E-state index in [1.165, 1.54) is 0 Å². The molecule has 6 heteroatoms. The average molecular weight is 287 g/mol. The van der Waals surface area contributed by atoms with E-state index in [2.05, 4.69) is 15.3 Å². The zero-order chi connectivity index (χ0) is 15.2. The van der Waals surface area contributed by atoms with Gasteiger partial charge in [-0.3, -0.25) is 4.79 Å². The zero-order valence-corrected chi connectivity index (χ0v) is 11.6. The van der Waals surface area contributed by atoms with Crippen LogP contribution in [0, 0.1) is 5.92 Å². The Morgan fingerprint density at radius 2 is 2.05 bits per heavy atom. The molecule has 0 radical (unpaired) electrons. The van der Waals surface area contributed by atoms with Crippen LogP contribution in [0.5, 0.6) is 0 Å². The Kier molecular flexibility index (Phi) is 4.71. The molecule has 0 fully saturated rings. The summed E-state index contributed by atoms with van der Waals surface area (Å²) in [7, 11) is 0. The molecule has 1 aromatic carbocycles. The molecule has 0 aliphatic rings. The number of hydrogen-bond acceptors (Lipinski definition) is 3. The van der Waals surface area contributed by atoms with Crippen LogP contribution in [0.15, 0.2) is 42.9 Å². The van der Waals surface area contributed by atoms with Crippen LogP contribution < -0.4 is 5.32 Å². The highest BCUT2D eigenvalue weighted by molar-refractivity contribution is 5.85. The van der Waals surface area contributed by atoms with Gasteiger partial charge in [-0.2, -0.15) is 0 Å². The number of carbonyl (C=O) groups excluding carboxylic acids is 1. The standard InChI is InChI=1S/C15H17N3O3/c1-10(7-12-8-16-9-17-12)14(19)18-13(15(20)21)11-5-3-2-4-6-11/h2-6,8-10,13H,7H2,1H3,(H,16,17)(H,18,19)(H,20,21). The third-order valence-corrected chi connectivity index (χ3v) is 3.19. The average Bonchev–Trinajstić information content (AvgIpc) is 2.98. The molecular weight excluding hydrogens is 270 g/mol. The minimum atomic E-state index is -1.08. The first kappa shape index (κ1) is 14.8. The molecular formula is C15H17N3O3. The van der Waals surface area contributed by atoms with Gasteiger partial charge in [0.2, 0.25) is 5.91 Å². The molecule has 110 valence electrons. The molecule has 2 atom stereocenters. The smallest absolute Gasteiger partial charge is 0.330 e. The van der Waals surface area contributed by atoms with Crippen LogP contribution >= 0.6 is 0 Å². The third kappa shape index (κ3) is 3.92. The number of aliphatic carboxylic acids is 1. The number of imidazole rings is 1. The summed E-state index contributed by atoms with van der Waals surface area (Å²) in [6, 6.07) is 7.60. The molecule has 2 unspecified atom stereocenters. The Morgan fingerprint density at radius 3 is 2.62 bits per heavy atom. The van der Waals surface area contributed by atoms with Crippen molar-refractivity contribution < 1.29 is 14.7 Å². The molecule has 2 aromatic rings. The molecule has 6 nitrogen and oxygen atoms in total. The highest BCUT2D eigenvalue weighted by Gasteiger charge is 2.24. The number of nitrogens with zero attached hydrogens (tertiary/aromatic N) is 1. The number of amides is 1. The van der Waals surface area contributed by atoms with Gasteiger partial charge in [0, 0.05) is 24.2 Å². The van der Waals surface area contributed by atoms with Crippen molar-refractivity contribution in [3.8, 4) is 0 Å². The van der Waals surface area contributed by atoms with Gasteiger partial charge in [0.05, 0.1) is 6.33 Å². The van der Waals surface area contributed by atoms with E-state index in [4.69, 9.17) is 0 Å². The van der Waals surface area contributed by atoms with E-state index in [-0.39, 0.29) is 11.8 Å². The number of rotatable bonds is 6. The number of aromatic nitrogens is 2. The lowest BCUT2D eigenvalue weighted by Crippen LogP contribution is -2.37. The Bertz CT molecular complexity index is 596. The van der Waals surface area contributed by atoms with Gasteiger partial charge in [-0.1, -0.05) is 37.3 Å². The maximum atomic E-state index is 12.1. The van der Waals surface area contributed by atoms with Crippen molar-refractivity contribution in [1.29, 1.82) is 0 Å². The van der Waals surface area contributed by atoms with Gasteiger partial charge in [0.1, 0.15) is 0 Å². The van der Waals surface area contributed by atoms with Crippen LogP contribution in [0.4, 0.5) is 0 Å². The topological polar surface area (TPSA) is 95.1 Å². The number of hydrogen-bond donors (Lipinski definition) is 3. The highest BCUT2D eigenvalue weighted by Crippen LogP contribution is 2.14. The zero-order valence-electron chi connectivity index (χ0n) is 11.6. The van der Waals surface area contributed by atoms with Gasteiger partial charge in [0.15, 0.2) is 6.04 Å². The second-order valence-electron chi connectivity index (χ2n) is 4.87. The predicted octanol–water partition coefficient (Wildman–Crippen LogP) is 1.53. The van der Waals surface area contributed by atoms with Crippen molar-refractivity contribution in [3.63, 3.8) is 0 Å². The van der Waals surface area contributed by atoms with Crippen molar-refractivity contribution >= 4 is 11.9 Å². The van der Waals surface area contributed by atoms with Gasteiger partial charge >= 0.3 is 5.97 Å². The Hall–Kier alpha value is -2.63. The summed E-state index contributed by atoms with van der Waals surface area (Å²) in [5.41, 5.74) is 1.39. The SMILES string of the molecule is CC(Cc1cnc[nH]1)C(=O)NC(C(=O)O)c1ccccc1. The molecule has 0 saturated carbocycles. The van der Waals surface area contributed by atoms with Crippen molar-refractivity contribution in [2.75, 3.05) is 0 Å². The van der Waals surface area contributed by atoms with Crippen LogP contribution in [0.25, 0.3) is 0 Å². The molecule has 0 spiro atoms. The minimum Gasteiger partial charge on any atom is -0.479 e. The summed E-state index contributed by atoms with van der Waals surface area (Å²) in [5.74, 6) is -1.74. The molecule has 1 amide bonds. The number of carboxylic acid groups (broad SMARTS) is 1. The summed E-state index contributed by atoms with van der Waals surface area (Å²) in [5, 5.41) is 11.9. The maximum Gasteiger partial charge on any atom is 0.330 e. The van der Waals surface area contributed by atoms with E-state index in [0.717, 1.165) is 5.69 Å². The van der Waals surface area contributed by atoms with Crippen molar-refractivity contribution in [3.05, 3.63) is 54.1 Å². The molecule has 2 rings (SSSR count). The van der Waals surface area contributed by atoms with Crippen LogP contribution in [-0.4, -0.2) is 27.0 Å². The number of H-pyrrole nitrogens is 1. The fraction of sp³-hybridized carbons (Fsp3) is 0.267. The normalized spacial score (nSPS) is 13.4. The lowest BCUT2D eigenvalue weighted by atomic mass is 10.0. The van der Waals surface area contributed by atoms with Gasteiger partial charge < -0.3 is 15.4 Å². The van der Waals surface area contributed by atoms with Crippen LogP contribution in [0.1, 0.15) is 24.2 Å². The minimum absolute atomic E-state index is 0.305. The Balaban J connectivity index is 2.03. The lowest BCUT2D eigenvalue weighted by Gasteiger charge is -2.17. The van der Waals surface area contributed by atoms with E-state index in [1.54, 1.807) is 49.8 Å². The fourth-order valence-electron chi connectivity index (χ4n) is 2.04. The first-order valence-electron chi connectivity index (χ1n) is 6.63. The molecule has 0 aliphatic carbocycles. The summed E-state index contributed by atoms with van der Waals surface area (Å²) >= 11 is 0. The Labute approximate surface area is 122 Å². The van der Waals surface area contributed by atoms with Gasteiger partial charge in [-0.25, -0.2) is 9.78 Å². The summed E-state index contributed by atoms with van der Waals surface area (Å²) in [4.78, 5) is 30.3. The van der Waals surface area contributed by atoms with Crippen LogP contribution in [0.2, 0.25) is 0 Å². The Morgan fingerprint density at radius 1 is 1.33 bits per heavy atom. The molecule has 1 heterocycles. The predicted molar refractivity (Wildman–Crippen MR) is 76.4 cm³/mol. The van der Waals surface area contributed by atoms with Crippen molar-refractivity contribution in [2.24, 2.45) is 5.92 Å². The van der Waals surface area contributed by atoms with E-state index < -0.39 is 12.0 Å². The van der Waals surface area contributed by atoms with Gasteiger partial charge in [-0.05, 0) is 5.56 Å². The number of benzene rings is 1. The lowest BCUT2D eigenvalue weighted by molar-refractivity contribution is -0.142. The molecule has 21 heavy (non-hydrogen) atoms. The number of carbonyl (C=O) groups is 2. The van der Waals surface area contributed by atoms with Crippen LogP contribution in [-0.2, 0) is 16.0 Å². The van der Waals surface area contributed by atoms with Gasteiger partial charge in [0.25, 0.3) is 0 Å². The monoisotopic (exact) mass is 287 g/mol. The van der Waals surface area contributed by atoms with Gasteiger partial charge in [-0.15, -0.1) is 0 Å². The van der Waals surface area contributed by atoms with E-state index in [9.17, 15) is 14.7 Å². The second-order valence-corrected chi connectivity index (χ2v) is 4.87. The molecule has 0 aliphatic heterocycles. The summed E-state index contributed by atoms with van der Waals surface area (Å²) in [6.07, 6.45) is 3.67. The molecule has 0 bridgehead atoms. The third-order valence-electron chi connectivity index (χ3n) is 3.19. The maximum absolute atomic E-state index is 12.1. The van der Waals surface area contributed by atoms with E-state index >= 15 is 0 Å². The highest BCUT2D eigenvalue weighted by atomic mass is 16.4. The first-order valence-corrected chi connectivity index (χ1v) is 6.63. The van der Waals surface area contributed by atoms with E-state index in [0.29, 0.717) is 12.0 Å². The van der Waals surface area contributed by atoms with E-state index in [1.807, 2.05) is 0 Å². The number of aromatic amines is 1. The number of nitrogens with one attached hydrogen (secondary N) is 2.